The van der Waals surface area contributed by atoms with Crippen molar-refractivity contribution in [1.82, 2.24) is 4.90 Å². The number of rotatable bonds is 4. The third-order valence-corrected chi connectivity index (χ3v) is 2.09. The van der Waals surface area contributed by atoms with Gasteiger partial charge in [-0.25, -0.2) is 0 Å². The van der Waals surface area contributed by atoms with Gasteiger partial charge in [0.2, 0.25) is 0 Å². The molecule has 0 saturated carbocycles. The highest BCUT2D eigenvalue weighted by atomic mass is 15.0. The Balaban J connectivity index is 2.94. The molecule has 1 rings (SSSR count). The van der Waals surface area contributed by atoms with Crippen molar-refractivity contribution >= 4 is 11.9 Å². The first kappa shape index (κ1) is 11.7. The minimum atomic E-state index is 0.941. The van der Waals surface area contributed by atoms with Gasteiger partial charge in [0, 0.05) is 12.8 Å². The van der Waals surface area contributed by atoms with Gasteiger partial charge in [-0.2, -0.15) is 0 Å². The van der Waals surface area contributed by atoms with E-state index in [0.717, 1.165) is 12.2 Å². The average molecular weight is 202 g/mol. The minimum Gasteiger partial charge on any atom is -0.305 e. The molecule has 0 spiro atoms. The van der Waals surface area contributed by atoms with E-state index in [2.05, 4.69) is 55.7 Å². The maximum absolute atomic E-state index is 4.33. The van der Waals surface area contributed by atoms with Gasteiger partial charge >= 0.3 is 0 Å². The van der Waals surface area contributed by atoms with Crippen LogP contribution in [-0.2, 0) is 6.54 Å². The molecule has 0 bridgehead atoms. The highest BCUT2D eigenvalue weighted by Gasteiger charge is 1.99. The van der Waals surface area contributed by atoms with E-state index in [4.69, 9.17) is 0 Å². The van der Waals surface area contributed by atoms with Crippen molar-refractivity contribution in [2.75, 3.05) is 14.1 Å². The monoisotopic (exact) mass is 202 g/mol. The van der Waals surface area contributed by atoms with Crippen molar-refractivity contribution in [2.24, 2.45) is 4.99 Å². The molecule has 2 nitrogen and oxygen atoms in total. The zero-order valence-electron chi connectivity index (χ0n) is 9.70. The molecule has 80 valence electrons. The van der Waals surface area contributed by atoms with E-state index in [1.54, 1.807) is 12.3 Å². The number of hydrogen-bond acceptors (Lipinski definition) is 2. The quantitative estimate of drug-likeness (QED) is 0.685. The molecule has 0 atom stereocenters. The van der Waals surface area contributed by atoms with E-state index >= 15 is 0 Å². The number of aliphatic imine (C=N–C) groups is 1. The van der Waals surface area contributed by atoms with E-state index in [9.17, 15) is 0 Å². The van der Waals surface area contributed by atoms with Crippen molar-refractivity contribution in [3.8, 4) is 0 Å². The highest BCUT2D eigenvalue weighted by Crippen LogP contribution is 2.20. The highest BCUT2D eigenvalue weighted by molar-refractivity contribution is 5.74. The van der Waals surface area contributed by atoms with Crippen molar-refractivity contribution in [3.63, 3.8) is 0 Å². The molecule has 0 amide bonds. The van der Waals surface area contributed by atoms with Crippen molar-refractivity contribution < 1.29 is 0 Å². The fourth-order valence-corrected chi connectivity index (χ4v) is 1.39. The molecule has 0 aliphatic heterocycles. The predicted molar refractivity (Wildman–Crippen MR) is 66.9 cm³/mol. The molecule has 0 aliphatic carbocycles. The Labute approximate surface area is 92.0 Å². The summed E-state index contributed by atoms with van der Waals surface area (Å²) in [5, 5.41) is 0. The Morgan fingerprint density at radius 1 is 1.40 bits per heavy atom. The van der Waals surface area contributed by atoms with Crippen LogP contribution in [0, 0.1) is 6.92 Å². The van der Waals surface area contributed by atoms with Gasteiger partial charge in [0.1, 0.15) is 0 Å². The average Bonchev–Trinajstić information content (AvgIpc) is 2.18. The van der Waals surface area contributed by atoms with Gasteiger partial charge in [0.25, 0.3) is 0 Å². The van der Waals surface area contributed by atoms with Gasteiger partial charge < -0.3 is 4.90 Å². The van der Waals surface area contributed by atoms with Crippen LogP contribution >= 0.6 is 0 Å². The smallest absolute Gasteiger partial charge is 0.0661 e. The second kappa shape index (κ2) is 5.47. The largest absolute Gasteiger partial charge is 0.305 e. The van der Waals surface area contributed by atoms with Gasteiger partial charge in [0.05, 0.1) is 5.69 Å². The fourth-order valence-electron chi connectivity index (χ4n) is 1.39. The summed E-state index contributed by atoms with van der Waals surface area (Å²) in [4.78, 5) is 6.48. The van der Waals surface area contributed by atoms with Crippen LogP contribution in [-0.4, -0.2) is 25.2 Å². The Kier molecular flexibility index (Phi) is 4.25. The number of aryl methyl sites for hydroxylation is 1. The molecule has 1 aromatic rings. The first-order chi connectivity index (χ1) is 7.13. The van der Waals surface area contributed by atoms with Gasteiger partial charge in [-0.1, -0.05) is 24.8 Å². The second-order valence-electron chi connectivity index (χ2n) is 3.87. The third kappa shape index (κ3) is 3.68. The molecule has 0 saturated heterocycles. The maximum atomic E-state index is 4.33. The number of nitrogens with zero attached hydrogens (tertiary/aromatic N) is 2. The lowest BCUT2D eigenvalue weighted by Gasteiger charge is -2.10. The zero-order valence-corrected chi connectivity index (χ0v) is 9.70. The second-order valence-corrected chi connectivity index (χ2v) is 3.87. The summed E-state index contributed by atoms with van der Waals surface area (Å²) in [6.45, 7) is 6.62. The Morgan fingerprint density at radius 3 is 2.73 bits per heavy atom. The van der Waals surface area contributed by atoms with Crippen LogP contribution in [0.25, 0.3) is 0 Å². The van der Waals surface area contributed by atoms with Crippen LogP contribution < -0.4 is 0 Å². The van der Waals surface area contributed by atoms with Crippen LogP contribution in [0.5, 0.6) is 0 Å². The maximum Gasteiger partial charge on any atom is 0.0661 e. The third-order valence-electron chi connectivity index (χ3n) is 2.09. The molecule has 0 aliphatic rings. The number of hydrogen-bond donors (Lipinski definition) is 0. The Hall–Kier alpha value is -1.41. The number of benzene rings is 1. The summed E-state index contributed by atoms with van der Waals surface area (Å²) in [5.74, 6) is 0. The Bertz CT molecular complexity index is 365. The fraction of sp³-hybridized carbons (Fsp3) is 0.308. The lowest BCUT2D eigenvalue weighted by molar-refractivity contribution is 0.402. The molecule has 15 heavy (non-hydrogen) atoms. The van der Waals surface area contributed by atoms with E-state index < -0.39 is 0 Å². The summed E-state index contributed by atoms with van der Waals surface area (Å²) < 4.78 is 0. The molecule has 0 heterocycles. The lowest BCUT2D eigenvalue weighted by atomic mass is 10.1. The van der Waals surface area contributed by atoms with Crippen LogP contribution in [0.2, 0.25) is 0 Å². The summed E-state index contributed by atoms with van der Waals surface area (Å²) in [5.41, 5.74) is 3.49. The summed E-state index contributed by atoms with van der Waals surface area (Å²) >= 11 is 0. The number of allylic oxidation sites excluding steroid dienone is 1. The predicted octanol–water partition coefficient (Wildman–Crippen LogP) is 2.94. The molecule has 2 heteroatoms. The molecular weight excluding hydrogens is 184 g/mol. The molecule has 0 N–H and O–H groups in total. The Morgan fingerprint density at radius 2 is 2.13 bits per heavy atom. The van der Waals surface area contributed by atoms with Gasteiger partial charge in [-0.15, -0.1) is 0 Å². The zero-order chi connectivity index (χ0) is 11.3. The van der Waals surface area contributed by atoms with Crippen LogP contribution in [0.4, 0.5) is 5.69 Å². The van der Waals surface area contributed by atoms with Gasteiger partial charge in [-0.05, 0) is 38.2 Å². The SMILES string of the molecule is C=CC=Nc1cc(CN(C)C)ccc1C. The van der Waals surface area contributed by atoms with E-state index in [-0.39, 0.29) is 0 Å². The molecule has 0 fully saturated rings. The molecular formula is C13H18N2. The van der Waals surface area contributed by atoms with E-state index in [1.165, 1.54) is 11.1 Å². The standard InChI is InChI=1S/C13H18N2/c1-5-8-14-13-9-12(10-15(3)4)7-6-11(13)2/h5-9H,1,10H2,2-4H3. The van der Waals surface area contributed by atoms with E-state index in [1.807, 2.05) is 0 Å². The van der Waals surface area contributed by atoms with Crippen LogP contribution in [0.3, 0.4) is 0 Å². The molecule has 0 unspecified atom stereocenters. The van der Waals surface area contributed by atoms with E-state index in [0.29, 0.717) is 0 Å². The topological polar surface area (TPSA) is 15.6 Å². The van der Waals surface area contributed by atoms with Gasteiger partial charge in [0.15, 0.2) is 0 Å². The molecule has 0 aromatic heterocycles. The minimum absolute atomic E-state index is 0.941. The normalized spacial score (nSPS) is 11.2. The van der Waals surface area contributed by atoms with Crippen molar-refractivity contribution in [3.05, 3.63) is 42.0 Å². The summed E-state index contributed by atoms with van der Waals surface area (Å²) in [7, 11) is 4.12. The summed E-state index contributed by atoms with van der Waals surface area (Å²) in [6.07, 6.45) is 3.42. The van der Waals surface area contributed by atoms with Crippen molar-refractivity contribution in [2.45, 2.75) is 13.5 Å². The summed E-state index contributed by atoms with van der Waals surface area (Å²) in [6, 6.07) is 6.37. The van der Waals surface area contributed by atoms with Crippen molar-refractivity contribution in [1.29, 1.82) is 0 Å². The first-order valence-corrected chi connectivity index (χ1v) is 5.03. The lowest BCUT2D eigenvalue weighted by Crippen LogP contribution is -2.10. The van der Waals surface area contributed by atoms with Crippen LogP contribution in [0.15, 0.2) is 35.8 Å². The van der Waals surface area contributed by atoms with Crippen LogP contribution in [0.1, 0.15) is 11.1 Å². The first-order valence-electron chi connectivity index (χ1n) is 5.03. The van der Waals surface area contributed by atoms with Gasteiger partial charge in [-0.3, -0.25) is 4.99 Å². The molecule has 1 aromatic carbocycles. The molecule has 0 radical (unpaired) electrons.